The van der Waals surface area contributed by atoms with E-state index in [4.69, 9.17) is 4.74 Å². The quantitative estimate of drug-likeness (QED) is 0.710. The minimum absolute atomic E-state index is 0.0673. The van der Waals surface area contributed by atoms with Crippen LogP contribution in [0.2, 0.25) is 0 Å². The molecule has 17 heavy (non-hydrogen) atoms. The Kier molecular flexibility index (Phi) is 4.75. The second-order valence-electron chi connectivity index (χ2n) is 5.01. The zero-order valence-corrected chi connectivity index (χ0v) is 11.4. The van der Waals surface area contributed by atoms with E-state index in [9.17, 15) is 4.39 Å². The molecular weight excluding hydrogens is 214 g/mol. The van der Waals surface area contributed by atoms with E-state index in [0.717, 1.165) is 11.1 Å². The van der Waals surface area contributed by atoms with Gasteiger partial charge in [-0.15, -0.1) is 0 Å². The first-order valence-electron chi connectivity index (χ1n) is 6.11. The van der Waals surface area contributed by atoms with Crippen LogP contribution in [0, 0.1) is 12.7 Å². The fraction of sp³-hybridized carbons (Fsp3) is 0.571. The fourth-order valence-electron chi connectivity index (χ4n) is 2.28. The second kappa shape index (κ2) is 5.68. The van der Waals surface area contributed by atoms with E-state index in [0.29, 0.717) is 6.61 Å². The Bertz CT molecular complexity index is 376. The van der Waals surface area contributed by atoms with E-state index in [1.54, 1.807) is 6.07 Å². The van der Waals surface area contributed by atoms with Gasteiger partial charge in [0.15, 0.2) is 7.28 Å². The van der Waals surface area contributed by atoms with Crippen molar-refractivity contribution >= 4 is 7.28 Å². The molecule has 0 amide bonds. The molecule has 1 aromatic rings. The van der Waals surface area contributed by atoms with Crippen molar-refractivity contribution in [3.8, 4) is 0 Å². The molecule has 1 aromatic carbocycles. The molecule has 0 aliphatic heterocycles. The summed E-state index contributed by atoms with van der Waals surface area (Å²) in [6.07, 6.45) is 0. The zero-order chi connectivity index (χ0) is 13.1. The van der Waals surface area contributed by atoms with Crippen molar-refractivity contribution in [2.75, 3.05) is 6.61 Å². The maximum Gasteiger partial charge on any atom is 0.162 e. The van der Waals surface area contributed by atoms with Gasteiger partial charge < -0.3 is 4.74 Å². The van der Waals surface area contributed by atoms with Crippen LogP contribution < -0.4 is 0 Å². The van der Waals surface area contributed by atoms with Crippen molar-refractivity contribution in [1.29, 1.82) is 0 Å². The van der Waals surface area contributed by atoms with Gasteiger partial charge in [0.1, 0.15) is 5.82 Å². The lowest BCUT2D eigenvalue weighted by Gasteiger charge is -2.29. The van der Waals surface area contributed by atoms with E-state index in [1.165, 1.54) is 6.07 Å². The molecule has 1 nitrogen and oxygen atoms in total. The van der Waals surface area contributed by atoms with Crippen molar-refractivity contribution in [1.82, 2.24) is 0 Å². The standard InChI is InChI=1S/C14H21BFO/c1-6-17-11(3)15-14(4,5)13-9-12(16)8-7-10(13)2/h7-9,11H,6H2,1-5H3. The molecule has 0 aliphatic carbocycles. The lowest BCUT2D eigenvalue weighted by molar-refractivity contribution is 0.127. The van der Waals surface area contributed by atoms with Crippen LogP contribution in [-0.4, -0.2) is 19.9 Å². The van der Waals surface area contributed by atoms with Crippen LogP contribution >= 0.6 is 0 Å². The van der Waals surface area contributed by atoms with Crippen LogP contribution in [0.5, 0.6) is 0 Å². The molecular formula is C14H21BFO. The number of halogens is 1. The van der Waals surface area contributed by atoms with Gasteiger partial charge in [0.05, 0.1) is 0 Å². The molecule has 0 saturated heterocycles. The van der Waals surface area contributed by atoms with Gasteiger partial charge in [-0.3, -0.25) is 0 Å². The van der Waals surface area contributed by atoms with Gasteiger partial charge in [0.2, 0.25) is 0 Å². The highest BCUT2D eigenvalue weighted by atomic mass is 19.1. The maximum atomic E-state index is 13.3. The van der Waals surface area contributed by atoms with Gasteiger partial charge in [0, 0.05) is 12.6 Å². The molecule has 0 fully saturated rings. The van der Waals surface area contributed by atoms with Gasteiger partial charge in [-0.05, 0) is 49.3 Å². The topological polar surface area (TPSA) is 9.23 Å². The Balaban J connectivity index is 2.91. The van der Waals surface area contributed by atoms with Crippen molar-refractivity contribution in [3.63, 3.8) is 0 Å². The molecule has 0 N–H and O–H groups in total. The Morgan fingerprint density at radius 2 is 2.06 bits per heavy atom. The van der Waals surface area contributed by atoms with Crippen molar-refractivity contribution in [2.45, 2.75) is 45.9 Å². The van der Waals surface area contributed by atoms with Gasteiger partial charge >= 0.3 is 0 Å². The summed E-state index contributed by atoms with van der Waals surface area (Å²) in [7, 11) is 2.12. The Morgan fingerprint density at radius 1 is 1.41 bits per heavy atom. The van der Waals surface area contributed by atoms with Gasteiger partial charge in [-0.25, -0.2) is 4.39 Å². The molecule has 0 aliphatic rings. The molecule has 0 saturated carbocycles. The van der Waals surface area contributed by atoms with Crippen LogP contribution in [0.4, 0.5) is 4.39 Å². The van der Waals surface area contributed by atoms with Gasteiger partial charge in [-0.2, -0.15) is 0 Å². The molecule has 1 unspecified atom stereocenters. The molecule has 1 rings (SSSR count). The highest BCUT2D eigenvalue weighted by Crippen LogP contribution is 2.27. The summed E-state index contributed by atoms with van der Waals surface area (Å²) < 4.78 is 18.8. The molecule has 1 radical (unpaired) electrons. The number of benzene rings is 1. The largest absolute Gasteiger partial charge is 0.388 e. The molecule has 1 atom stereocenters. The summed E-state index contributed by atoms with van der Waals surface area (Å²) in [6.45, 7) is 10.9. The molecule has 0 aromatic heterocycles. The van der Waals surface area contributed by atoms with E-state index in [2.05, 4.69) is 21.1 Å². The highest BCUT2D eigenvalue weighted by molar-refractivity contribution is 6.41. The smallest absolute Gasteiger partial charge is 0.162 e. The first-order valence-corrected chi connectivity index (χ1v) is 6.11. The Morgan fingerprint density at radius 3 is 2.65 bits per heavy atom. The summed E-state index contributed by atoms with van der Waals surface area (Å²) in [4.78, 5) is 0. The maximum absolute atomic E-state index is 13.3. The number of rotatable bonds is 5. The number of ether oxygens (including phenoxy) is 1. The lowest BCUT2D eigenvalue weighted by atomic mass is 9.48. The number of aryl methyl sites for hydroxylation is 1. The lowest BCUT2D eigenvalue weighted by Crippen LogP contribution is -2.35. The first kappa shape index (κ1) is 14.2. The normalized spacial score (nSPS) is 13.5. The SMILES string of the molecule is CCOC(C)[B]C(C)(C)c1cc(F)ccc1C. The van der Waals surface area contributed by atoms with Crippen molar-refractivity contribution < 1.29 is 9.13 Å². The minimum Gasteiger partial charge on any atom is -0.388 e. The van der Waals surface area contributed by atoms with E-state index in [-0.39, 0.29) is 17.1 Å². The molecule has 3 heteroatoms. The third-order valence-corrected chi connectivity index (χ3v) is 2.97. The summed E-state index contributed by atoms with van der Waals surface area (Å²) in [5, 5.41) is -0.194. The predicted octanol–water partition coefficient (Wildman–Crippen LogP) is 3.46. The van der Waals surface area contributed by atoms with Crippen molar-refractivity contribution in [2.24, 2.45) is 0 Å². The van der Waals surface area contributed by atoms with E-state index < -0.39 is 0 Å². The number of hydrogen-bond donors (Lipinski definition) is 0. The molecule has 93 valence electrons. The average molecular weight is 235 g/mol. The van der Waals surface area contributed by atoms with Crippen molar-refractivity contribution in [3.05, 3.63) is 35.1 Å². The minimum atomic E-state index is -0.194. The van der Waals surface area contributed by atoms with Crippen LogP contribution in [0.15, 0.2) is 18.2 Å². The van der Waals surface area contributed by atoms with Crippen LogP contribution in [-0.2, 0) is 10.1 Å². The molecule has 0 bridgehead atoms. The molecule has 0 heterocycles. The molecule has 0 spiro atoms. The van der Waals surface area contributed by atoms with Crippen LogP contribution in [0.25, 0.3) is 0 Å². The summed E-state index contributed by atoms with van der Waals surface area (Å²) in [5.74, 6) is -0.184. The first-order chi connectivity index (χ1) is 7.86. The summed E-state index contributed by atoms with van der Waals surface area (Å²) in [5.41, 5.74) is 2.13. The predicted molar refractivity (Wildman–Crippen MR) is 71.0 cm³/mol. The van der Waals surface area contributed by atoms with E-state index >= 15 is 0 Å². The Hall–Kier alpha value is -0.825. The van der Waals surface area contributed by atoms with Gasteiger partial charge in [-0.1, -0.05) is 19.9 Å². The summed E-state index contributed by atoms with van der Waals surface area (Å²) >= 11 is 0. The average Bonchev–Trinajstić information content (AvgIpc) is 2.21. The monoisotopic (exact) mass is 235 g/mol. The highest BCUT2D eigenvalue weighted by Gasteiger charge is 2.27. The van der Waals surface area contributed by atoms with Crippen LogP contribution in [0.1, 0.15) is 38.8 Å². The fourth-order valence-corrected chi connectivity index (χ4v) is 2.28. The Labute approximate surface area is 105 Å². The summed E-state index contributed by atoms with van der Waals surface area (Å²) in [6, 6.07) is 5.01. The zero-order valence-electron chi connectivity index (χ0n) is 11.4. The van der Waals surface area contributed by atoms with Crippen LogP contribution in [0.3, 0.4) is 0 Å². The second-order valence-corrected chi connectivity index (χ2v) is 5.01. The third kappa shape index (κ3) is 3.84. The van der Waals surface area contributed by atoms with Gasteiger partial charge in [0.25, 0.3) is 0 Å². The van der Waals surface area contributed by atoms with E-state index in [1.807, 2.05) is 26.8 Å². The number of hydrogen-bond acceptors (Lipinski definition) is 1. The third-order valence-electron chi connectivity index (χ3n) is 2.97.